The molecule has 23 heavy (non-hydrogen) atoms. The minimum Gasteiger partial charge on any atom is -0.324 e. The fraction of sp³-hybridized carbons (Fsp3) is 0.231. The lowest BCUT2D eigenvalue weighted by atomic mass is 10.1. The molecule has 0 saturated carbocycles. The molecule has 0 atom stereocenters. The number of aromatic nitrogens is 2. The van der Waals surface area contributed by atoms with E-state index in [-0.39, 0.29) is 17.1 Å². The number of amides is 1. The maximum Gasteiger partial charge on any atom is 0.418 e. The van der Waals surface area contributed by atoms with Crippen LogP contribution in [0, 0.1) is 17.0 Å². The van der Waals surface area contributed by atoms with Gasteiger partial charge in [-0.2, -0.15) is 18.3 Å². The van der Waals surface area contributed by atoms with Gasteiger partial charge >= 0.3 is 11.9 Å². The van der Waals surface area contributed by atoms with Crippen LogP contribution in [0.3, 0.4) is 0 Å². The number of nitro groups is 1. The van der Waals surface area contributed by atoms with Crippen LogP contribution in [0.25, 0.3) is 0 Å². The Morgan fingerprint density at radius 2 is 2.04 bits per heavy atom. The summed E-state index contributed by atoms with van der Waals surface area (Å²) >= 11 is 0. The molecule has 1 aromatic heterocycles. The van der Waals surface area contributed by atoms with Crippen LogP contribution in [0.2, 0.25) is 0 Å². The van der Waals surface area contributed by atoms with Crippen molar-refractivity contribution in [2.75, 3.05) is 5.32 Å². The molecular weight excluding hydrogens is 317 g/mol. The fourth-order valence-electron chi connectivity index (χ4n) is 1.94. The molecule has 10 heteroatoms. The van der Waals surface area contributed by atoms with Crippen LogP contribution < -0.4 is 5.32 Å². The van der Waals surface area contributed by atoms with Gasteiger partial charge < -0.3 is 5.32 Å². The molecule has 1 N–H and O–H groups in total. The summed E-state index contributed by atoms with van der Waals surface area (Å²) in [6.07, 6.45) is -3.56. The summed E-state index contributed by atoms with van der Waals surface area (Å²) < 4.78 is 39.5. The molecular formula is C13H11F3N4O3. The van der Waals surface area contributed by atoms with Crippen molar-refractivity contribution in [3.05, 3.63) is 51.8 Å². The summed E-state index contributed by atoms with van der Waals surface area (Å²) in [5.41, 5.74) is -1.52. The number of carbonyl (C=O) groups excluding carboxylic acids is 1. The molecule has 0 saturated heterocycles. The summed E-state index contributed by atoms with van der Waals surface area (Å²) in [6, 6.07) is 4.53. The Morgan fingerprint density at radius 3 is 2.61 bits per heavy atom. The van der Waals surface area contributed by atoms with Gasteiger partial charge in [-0.25, -0.2) is 0 Å². The van der Waals surface area contributed by atoms with Crippen LogP contribution in [0.1, 0.15) is 11.3 Å². The predicted octanol–water partition coefficient (Wildman–Crippen LogP) is 2.76. The molecule has 0 spiro atoms. The Hall–Kier alpha value is -2.91. The maximum atomic E-state index is 12.8. The Bertz CT molecular complexity index is 755. The first-order valence-electron chi connectivity index (χ1n) is 6.33. The molecule has 0 bridgehead atoms. The number of anilines is 1. The van der Waals surface area contributed by atoms with E-state index in [0.29, 0.717) is 0 Å². The lowest BCUT2D eigenvalue weighted by molar-refractivity contribution is -0.385. The van der Waals surface area contributed by atoms with Crippen molar-refractivity contribution in [1.29, 1.82) is 0 Å². The number of nitrogens with zero attached hydrogens (tertiary/aromatic N) is 3. The van der Waals surface area contributed by atoms with Crippen molar-refractivity contribution in [3.8, 4) is 0 Å². The Morgan fingerprint density at radius 1 is 1.39 bits per heavy atom. The molecule has 122 valence electrons. The minimum absolute atomic E-state index is 0.110. The zero-order valence-electron chi connectivity index (χ0n) is 11.8. The third kappa shape index (κ3) is 3.84. The van der Waals surface area contributed by atoms with Crippen molar-refractivity contribution in [2.24, 2.45) is 0 Å². The topological polar surface area (TPSA) is 90.1 Å². The van der Waals surface area contributed by atoms with Crippen molar-refractivity contribution in [3.63, 3.8) is 0 Å². The molecule has 7 nitrogen and oxygen atoms in total. The first kappa shape index (κ1) is 16.5. The highest BCUT2D eigenvalue weighted by molar-refractivity contribution is 5.91. The highest BCUT2D eigenvalue weighted by Gasteiger charge is 2.33. The van der Waals surface area contributed by atoms with Gasteiger partial charge in [-0.3, -0.25) is 19.6 Å². The van der Waals surface area contributed by atoms with Gasteiger partial charge in [0.25, 0.3) is 0 Å². The number of hydrogen-bond donors (Lipinski definition) is 1. The molecule has 1 heterocycles. The van der Waals surface area contributed by atoms with E-state index in [1.807, 2.05) is 0 Å². The lowest BCUT2D eigenvalue weighted by Crippen LogP contribution is -2.21. The van der Waals surface area contributed by atoms with Crippen LogP contribution >= 0.6 is 0 Å². The largest absolute Gasteiger partial charge is 0.418 e. The van der Waals surface area contributed by atoms with E-state index < -0.39 is 29.1 Å². The summed E-state index contributed by atoms with van der Waals surface area (Å²) in [6.45, 7) is 0.951. The lowest BCUT2D eigenvalue weighted by Gasteiger charge is -2.13. The summed E-state index contributed by atoms with van der Waals surface area (Å²) in [7, 11) is 0. The molecule has 0 fully saturated rings. The van der Waals surface area contributed by atoms with Crippen molar-refractivity contribution in [2.45, 2.75) is 19.6 Å². The fourth-order valence-corrected chi connectivity index (χ4v) is 1.94. The standard InChI is InChI=1S/C13H11F3N4O3/c1-8-11(20(22)23)6-19(18-8)7-12(21)17-10-5-3-2-4-9(10)13(14,15)16/h2-6H,7H2,1H3,(H,17,21). The number of alkyl halides is 3. The molecule has 2 rings (SSSR count). The maximum absolute atomic E-state index is 12.8. The number of rotatable bonds is 4. The van der Waals surface area contributed by atoms with Gasteiger partial charge in [-0.1, -0.05) is 12.1 Å². The zero-order chi connectivity index (χ0) is 17.2. The Kier molecular flexibility index (Phi) is 4.34. The molecule has 2 aromatic rings. The van der Waals surface area contributed by atoms with Crippen LogP contribution in [0.5, 0.6) is 0 Å². The van der Waals surface area contributed by atoms with Gasteiger partial charge in [-0.15, -0.1) is 0 Å². The molecule has 0 unspecified atom stereocenters. The van der Waals surface area contributed by atoms with Crippen LogP contribution in [-0.4, -0.2) is 20.6 Å². The predicted molar refractivity (Wildman–Crippen MR) is 73.7 cm³/mol. The van der Waals surface area contributed by atoms with Gasteiger partial charge in [0.1, 0.15) is 18.4 Å². The second-order valence-electron chi connectivity index (χ2n) is 4.65. The van der Waals surface area contributed by atoms with Gasteiger partial charge in [0.15, 0.2) is 0 Å². The van der Waals surface area contributed by atoms with E-state index in [1.165, 1.54) is 19.1 Å². The van der Waals surface area contributed by atoms with Crippen LogP contribution in [0.15, 0.2) is 30.5 Å². The Balaban J connectivity index is 2.15. The molecule has 0 aliphatic carbocycles. The van der Waals surface area contributed by atoms with E-state index >= 15 is 0 Å². The molecule has 0 aliphatic heterocycles. The summed E-state index contributed by atoms with van der Waals surface area (Å²) in [4.78, 5) is 21.9. The van der Waals surface area contributed by atoms with Gasteiger partial charge in [-0.05, 0) is 19.1 Å². The third-order valence-electron chi connectivity index (χ3n) is 2.93. The van der Waals surface area contributed by atoms with E-state index in [1.54, 1.807) is 0 Å². The second-order valence-corrected chi connectivity index (χ2v) is 4.65. The number of aryl methyl sites for hydroxylation is 1. The van der Waals surface area contributed by atoms with Crippen LogP contribution in [0.4, 0.5) is 24.5 Å². The van der Waals surface area contributed by atoms with Gasteiger partial charge in [0.2, 0.25) is 5.91 Å². The average molecular weight is 328 g/mol. The molecule has 0 radical (unpaired) electrons. The van der Waals surface area contributed by atoms with E-state index in [0.717, 1.165) is 23.0 Å². The smallest absolute Gasteiger partial charge is 0.324 e. The average Bonchev–Trinajstić information content (AvgIpc) is 2.78. The molecule has 0 aliphatic rings. The highest BCUT2D eigenvalue weighted by atomic mass is 19.4. The molecule has 1 amide bonds. The van der Waals surface area contributed by atoms with E-state index in [4.69, 9.17) is 0 Å². The number of halogens is 3. The summed E-state index contributed by atoms with van der Waals surface area (Å²) in [5, 5.41) is 16.6. The third-order valence-corrected chi connectivity index (χ3v) is 2.93. The van der Waals surface area contributed by atoms with Crippen molar-refractivity contribution < 1.29 is 22.9 Å². The number of nitrogens with one attached hydrogen (secondary N) is 1. The number of para-hydroxylation sites is 1. The number of carbonyl (C=O) groups is 1. The van der Waals surface area contributed by atoms with Crippen molar-refractivity contribution in [1.82, 2.24) is 9.78 Å². The first-order chi connectivity index (χ1) is 10.7. The van der Waals surface area contributed by atoms with Gasteiger partial charge in [0.05, 0.1) is 16.2 Å². The normalized spacial score (nSPS) is 11.3. The van der Waals surface area contributed by atoms with Crippen LogP contribution in [-0.2, 0) is 17.5 Å². The minimum atomic E-state index is -4.61. The van der Waals surface area contributed by atoms with Gasteiger partial charge in [0, 0.05) is 0 Å². The monoisotopic (exact) mass is 328 g/mol. The van der Waals surface area contributed by atoms with E-state index in [9.17, 15) is 28.1 Å². The zero-order valence-corrected chi connectivity index (χ0v) is 11.8. The number of benzene rings is 1. The first-order valence-corrected chi connectivity index (χ1v) is 6.33. The SMILES string of the molecule is Cc1nn(CC(=O)Nc2ccccc2C(F)(F)F)cc1[N+](=O)[O-]. The molecule has 1 aromatic carbocycles. The Labute approximate surface area is 127 Å². The quantitative estimate of drug-likeness (QED) is 0.690. The summed E-state index contributed by atoms with van der Waals surface area (Å²) in [5.74, 6) is -0.779. The highest BCUT2D eigenvalue weighted by Crippen LogP contribution is 2.34. The van der Waals surface area contributed by atoms with E-state index in [2.05, 4.69) is 10.4 Å². The number of hydrogen-bond acceptors (Lipinski definition) is 4. The van der Waals surface area contributed by atoms with Crippen molar-refractivity contribution >= 4 is 17.3 Å². The second kappa shape index (κ2) is 6.07.